The van der Waals surface area contributed by atoms with Crippen LogP contribution in [0.3, 0.4) is 0 Å². The number of hydrogen-bond donors (Lipinski definition) is 2. The zero-order valence-electron chi connectivity index (χ0n) is 61.6. The second-order valence-electron chi connectivity index (χ2n) is 29.1. The van der Waals surface area contributed by atoms with Crippen LogP contribution in [-0.4, -0.2) is 47.1 Å². The summed E-state index contributed by atoms with van der Waals surface area (Å²) in [6.07, 6.45) is 7.15. The number of rotatable bonds is 10. The molecule has 0 aliphatic heterocycles. The molecule has 0 saturated heterocycles. The van der Waals surface area contributed by atoms with Crippen molar-refractivity contribution in [3.8, 4) is 146 Å². The average Bonchev–Trinajstić information content (AvgIpc) is 1.52. The molecule has 0 atom stereocenters. The van der Waals surface area contributed by atoms with Crippen LogP contribution < -0.4 is 5.46 Å². The SMILES string of the molecule is Brc1ccc(-c2cc(-c3cccc(-c4ccccc4)c3)nc(-c3cccnc3)n2)cc1.OB(O)c1ccc2c(c1)-c1ccccc1C21c2ccccc2-c2ccccc21.c1ccc(-c2cccc(-c3cc(-c4ccc(-c5ccc6c(c5)-c5ccccc5C65c6ccccc6-c6ccccc65)cc4)nc(-c4cccnc4)n3)c2)cc1. The molecule has 0 amide bonds. The van der Waals surface area contributed by atoms with Crippen molar-refractivity contribution in [2.75, 3.05) is 0 Å². The van der Waals surface area contributed by atoms with Crippen molar-refractivity contribution in [1.29, 1.82) is 0 Å². The molecule has 114 heavy (non-hydrogen) atoms. The summed E-state index contributed by atoms with van der Waals surface area (Å²) < 4.78 is 1.04. The first-order valence-electron chi connectivity index (χ1n) is 38.3. The van der Waals surface area contributed by atoms with Gasteiger partial charge in [0.1, 0.15) is 0 Å². The molecule has 0 radical (unpaired) electrons. The Morgan fingerprint density at radius 1 is 0.219 bits per heavy atom. The van der Waals surface area contributed by atoms with E-state index in [2.05, 4.69) is 335 Å². The minimum atomic E-state index is -1.47. The van der Waals surface area contributed by atoms with E-state index in [1.807, 2.05) is 72.9 Å². The van der Waals surface area contributed by atoms with Gasteiger partial charge in [-0.1, -0.05) is 325 Å². The van der Waals surface area contributed by atoms with Gasteiger partial charge in [0.15, 0.2) is 11.6 Å². The summed E-state index contributed by atoms with van der Waals surface area (Å²) in [6.45, 7) is 0. The first-order chi connectivity index (χ1) is 56.2. The molecule has 2 N–H and O–H groups in total. The number of halogens is 1. The minimum Gasteiger partial charge on any atom is -0.423 e. The lowest BCUT2D eigenvalue weighted by atomic mass is 9.70. The van der Waals surface area contributed by atoms with Crippen molar-refractivity contribution in [1.82, 2.24) is 29.9 Å². The smallest absolute Gasteiger partial charge is 0.423 e. The molecule has 22 rings (SSSR count). The van der Waals surface area contributed by atoms with Crippen LogP contribution in [0, 0.1) is 0 Å². The van der Waals surface area contributed by atoms with Gasteiger partial charge in [0, 0.05) is 62.6 Å². The minimum absolute atomic E-state index is 0.335. The second kappa shape index (κ2) is 29.0. The van der Waals surface area contributed by atoms with E-state index < -0.39 is 7.12 Å². The molecule has 0 saturated carbocycles. The van der Waals surface area contributed by atoms with Gasteiger partial charge in [0.05, 0.1) is 33.6 Å². The molecule has 536 valence electrons. The van der Waals surface area contributed by atoms with E-state index in [1.54, 1.807) is 18.6 Å². The van der Waals surface area contributed by atoms with Gasteiger partial charge in [-0.15, -0.1) is 0 Å². The van der Waals surface area contributed by atoms with Crippen molar-refractivity contribution in [3.63, 3.8) is 0 Å². The molecule has 4 aliphatic rings. The highest BCUT2D eigenvalue weighted by molar-refractivity contribution is 9.10. The molecule has 14 aromatic carbocycles. The van der Waals surface area contributed by atoms with Crippen LogP contribution in [0.15, 0.2) is 405 Å². The van der Waals surface area contributed by atoms with Crippen molar-refractivity contribution in [2.45, 2.75) is 10.8 Å². The van der Waals surface area contributed by atoms with Gasteiger partial charge in [0.25, 0.3) is 0 Å². The van der Waals surface area contributed by atoms with Crippen molar-refractivity contribution >= 4 is 28.5 Å². The summed E-state index contributed by atoms with van der Waals surface area (Å²) in [4.78, 5) is 28.5. The monoisotopic (exact) mass is 1520 g/mol. The Bertz CT molecular complexity index is 6630. The van der Waals surface area contributed by atoms with Gasteiger partial charge in [-0.3, -0.25) is 9.97 Å². The molecule has 4 heterocycles. The summed E-state index contributed by atoms with van der Waals surface area (Å²) in [7, 11) is -1.47. The van der Waals surface area contributed by atoms with Crippen LogP contribution in [0.4, 0.5) is 0 Å². The van der Waals surface area contributed by atoms with Crippen LogP contribution in [0.5, 0.6) is 0 Å². The van der Waals surface area contributed by atoms with Crippen LogP contribution in [0.25, 0.3) is 146 Å². The average molecular weight is 1520 g/mol. The Hall–Kier alpha value is -14.0. The lowest BCUT2D eigenvalue weighted by Gasteiger charge is -2.30. The number of nitrogens with zero attached hydrogens (tertiary/aromatic N) is 6. The lowest BCUT2D eigenvalue weighted by molar-refractivity contribution is 0.426. The Morgan fingerprint density at radius 3 is 0.904 bits per heavy atom. The molecule has 0 fully saturated rings. The number of aromatic nitrogens is 6. The maximum atomic E-state index is 9.73. The molecule has 8 nitrogen and oxygen atoms in total. The molecule has 18 aromatic rings. The molecule has 0 bridgehead atoms. The van der Waals surface area contributed by atoms with Crippen LogP contribution in [0.2, 0.25) is 0 Å². The predicted molar refractivity (Wildman–Crippen MR) is 465 cm³/mol. The second-order valence-corrected chi connectivity index (χ2v) is 30.0. The first-order valence-corrected chi connectivity index (χ1v) is 39.0. The number of pyridine rings is 2. The topological polar surface area (TPSA) is 118 Å². The summed E-state index contributed by atoms with van der Waals surface area (Å²) in [5, 5.41) is 19.5. The van der Waals surface area contributed by atoms with E-state index in [0.717, 1.165) is 88.4 Å². The Balaban J connectivity index is 0.000000121. The molecule has 0 unspecified atom stereocenters. The van der Waals surface area contributed by atoms with E-state index in [1.165, 1.54) is 94.6 Å². The van der Waals surface area contributed by atoms with Gasteiger partial charge >= 0.3 is 7.12 Å². The third-order valence-corrected chi connectivity index (χ3v) is 23.3. The fraction of sp³-hybridized carbons (Fsp3) is 0.0192. The first kappa shape index (κ1) is 69.2. The van der Waals surface area contributed by atoms with Gasteiger partial charge in [0.2, 0.25) is 0 Å². The van der Waals surface area contributed by atoms with Gasteiger partial charge in [-0.2, -0.15) is 0 Å². The highest BCUT2D eigenvalue weighted by Gasteiger charge is 2.53. The molecule has 10 heteroatoms. The van der Waals surface area contributed by atoms with Gasteiger partial charge < -0.3 is 10.0 Å². The van der Waals surface area contributed by atoms with E-state index in [-0.39, 0.29) is 10.8 Å². The van der Waals surface area contributed by atoms with Crippen LogP contribution in [-0.2, 0) is 10.8 Å². The molecular formula is C104H68BBrN6O2. The van der Waals surface area contributed by atoms with Gasteiger partial charge in [-0.05, 0) is 195 Å². The van der Waals surface area contributed by atoms with E-state index in [9.17, 15) is 10.0 Å². The van der Waals surface area contributed by atoms with E-state index in [4.69, 9.17) is 19.9 Å². The van der Waals surface area contributed by atoms with Crippen molar-refractivity contribution in [3.05, 3.63) is 450 Å². The Kier molecular flexibility index (Phi) is 17.6. The molecular weight excluding hydrogens is 1460 g/mol. The Labute approximate surface area is 670 Å². The molecule has 2 spiro atoms. The summed E-state index contributed by atoms with van der Waals surface area (Å²) >= 11 is 3.51. The number of benzene rings is 14. The van der Waals surface area contributed by atoms with Crippen LogP contribution >= 0.6 is 15.9 Å². The molecule has 4 aromatic heterocycles. The predicted octanol–water partition coefficient (Wildman–Crippen LogP) is 23.6. The molecule has 4 aliphatic carbocycles. The zero-order chi connectivity index (χ0) is 76.3. The maximum Gasteiger partial charge on any atom is 0.488 e. The fourth-order valence-corrected chi connectivity index (χ4v) is 18.0. The van der Waals surface area contributed by atoms with E-state index >= 15 is 0 Å². The van der Waals surface area contributed by atoms with Gasteiger partial charge in [-0.25, -0.2) is 19.9 Å². The standard InChI is InChI=1S/C52H33N3.C27H18BrN3.C25H17BO2/c1-2-12-34(13-3-1)37-14-10-15-39(30-37)50-32-49(54-51(55-50)40-16-11-29-53-33-40)36-25-23-35(24-26-36)38-27-28-48-44(31-38)43-19-6-9-22-47(43)52(48)45-20-7-4-17-41(45)42-18-5-8-21-46(42)52;28-24-13-11-20(12-14-24)25-17-26(31-27(30-25)23-10-5-15-29-18-23)22-9-4-8-21(16-22)19-6-2-1-3-7-19;27-26(28)16-13-14-24-20(15-16)19-9-3-6-12-23(19)25(24)21-10-4-1-7-17(21)18-8-2-5-11-22(18)25/h1-33H;1-18H;1-15,27-28H. The third-order valence-electron chi connectivity index (χ3n) is 22.8. The highest BCUT2D eigenvalue weighted by atomic mass is 79.9. The lowest BCUT2D eigenvalue weighted by Crippen LogP contribution is -2.31. The zero-order valence-corrected chi connectivity index (χ0v) is 63.2. The highest BCUT2D eigenvalue weighted by Crippen LogP contribution is 2.64. The van der Waals surface area contributed by atoms with Crippen LogP contribution in [0.1, 0.15) is 44.5 Å². The van der Waals surface area contributed by atoms with E-state index in [0.29, 0.717) is 17.1 Å². The van der Waals surface area contributed by atoms with Crippen molar-refractivity contribution < 1.29 is 10.0 Å². The number of fused-ring (bicyclic) bond motifs is 20. The number of hydrogen-bond acceptors (Lipinski definition) is 8. The summed E-state index contributed by atoms with van der Waals surface area (Å²) in [5.41, 5.74) is 36.7. The quantitative estimate of drug-likeness (QED) is 0.130. The summed E-state index contributed by atoms with van der Waals surface area (Å²) in [6, 6.07) is 132. The third kappa shape index (κ3) is 11.9. The fourth-order valence-electron chi connectivity index (χ4n) is 17.7. The maximum absolute atomic E-state index is 9.73. The van der Waals surface area contributed by atoms with Crippen molar-refractivity contribution in [2.24, 2.45) is 0 Å². The Morgan fingerprint density at radius 2 is 0.509 bits per heavy atom. The summed E-state index contributed by atoms with van der Waals surface area (Å²) in [5.74, 6) is 1.31. The normalized spacial score (nSPS) is 12.7. The largest absolute Gasteiger partial charge is 0.488 e.